The molecule has 0 spiro atoms. The summed E-state index contributed by atoms with van der Waals surface area (Å²) >= 11 is 0. The van der Waals surface area contributed by atoms with Crippen molar-refractivity contribution in [2.24, 2.45) is 11.5 Å². The van der Waals surface area contributed by atoms with E-state index < -0.39 is 0 Å². The van der Waals surface area contributed by atoms with Gasteiger partial charge in [-0.25, -0.2) is 0 Å². The number of rotatable bonds is 2. The summed E-state index contributed by atoms with van der Waals surface area (Å²) in [6.07, 6.45) is 0.819. The van der Waals surface area contributed by atoms with Crippen LogP contribution in [0, 0.1) is 6.92 Å². The minimum Gasteiger partial charge on any atom is -0.330 e. The Balaban J connectivity index is 2.63. The molecule has 0 fully saturated rings. The molecule has 37 valence electrons. The smallest absolute Gasteiger partial charge is 0.00514 e. The van der Waals surface area contributed by atoms with Crippen molar-refractivity contribution < 1.29 is 0 Å². The third-order valence-electron chi connectivity index (χ3n) is 0.537. The molecule has 1 unspecified atom stereocenters. The average molecular weight is 87.1 g/mol. The molecule has 2 heteroatoms. The van der Waals surface area contributed by atoms with E-state index in [1.807, 2.05) is 0 Å². The van der Waals surface area contributed by atoms with Crippen LogP contribution in [-0.2, 0) is 0 Å². The lowest BCUT2D eigenvalue weighted by atomic mass is 10.3. The van der Waals surface area contributed by atoms with Gasteiger partial charge in [0.2, 0.25) is 0 Å². The summed E-state index contributed by atoms with van der Waals surface area (Å²) in [5, 5.41) is 0. The first-order valence-electron chi connectivity index (χ1n) is 2.06. The van der Waals surface area contributed by atoms with E-state index in [0.717, 1.165) is 6.42 Å². The largest absolute Gasteiger partial charge is 0.330 e. The maximum absolute atomic E-state index is 5.21. The van der Waals surface area contributed by atoms with Gasteiger partial charge in [-0.1, -0.05) is 0 Å². The van der Waals surface area contributed by atoms with Gasteiger partial charge >= 0.3 is 0 Å². The van der Waals surface area contributed by atoms with Crippen molar-refractivity contribution in [2.45, 2.75) is 12.5 Å². The van der Waals surface area contributed by atoms with E-state index in [-0.39, 0.29) is 6.04 Å². The zero-order valence-electron chi connectivity index (χ0n) is 3.85. The maximum Gasteiger partial charge on any atom is 0.00514 e. The molecule has 4 N–H and O–H groups in total. The van der Waals surface area contributed by atoms with Gasteiger partial charge in [-0.3, -0.25) is 0 Å². The molecular formula is C4H11N2. The van der Waals surface area contributed by atoms with Crippen LogP contribution in [0.3, 0.4) is 0 Å². The van der Waals surface area contributed by atoms with Crippen LogP contribution < -0.4 is 11.5 Å². The molecule has 0 amide bonds. The quantitative estimate of drug-likeness (QED) is 0.477. The lowest BCUT2D eigenvalue weighted by Gasteiger charge is -1.96. The lowest BCUT2D eigenvalue weighted by Crippen LogP contribution is -2.19. The molecule has 0 saturated carbocycles. The fraction of sp³-hybridized carbons (Fsp3) is 0.750. The van der Waals surface area contributed by atoms with Gasteiger partial charge in [0.1, 0.15) is 0 Å². The van der Waals surface area contributed by atoms with Crippen molar-refractivity contribution in [2.75, 3.05) is 6.54 Å². The number of hydrogen-bond acceptors (Lipinski definition) is 2. The summed E-state index contributed by atoms with van der Waals surface area (Å²) in [5.41, 5.74) is 10.3. The predicted octanol–water partition coefficient (Wildman–Crippen LogP) is -0.503. The van der Waals surface area contributed by atoms with Crippen LogP contribution >= 0.6 is 0 Å². The van der Waals surface area contributed by atoms with Gasteiger partial charge in [0, 0.05) is 6.04 Å². The van der Waals surface area contributed by atoms with E-state index in [1.165, 1.54) is 0 Å². The van der Waals surface area contributed by atoms with Crippen molar-refractivity contribution in [3.8, 4) is 0 Å². The van der Waals surface area contributed by atoms with Crippen LogP contribution in [0.4, 0.5) is 0 Å². The maximum atomic E-state index is 5.21. The predicted molar refractivity (Wildman–Crippen MR) is 27.0 cm³/mol. The lowest BCUT2D eigenvalue weighted by molar-refractivity contribution is 0.728. The van der Waals surface area contributed by atoms with E-state index in [9.17, 15) is 0 Å². The van der Waals surface area contributed by atoms with Gasteiger partial charge in [0.05, 0.1) is 0 Å². The number of nitrogens with two attached hydrogens (primary N) is 2. The Morgan fingerprint density at radius 2 is 2.17 bits per heavy atom. The SMILES string of the molecule is [CH2]C(N)CCN. The van der Waals surface area contributed by atoms with E-state index in [0.29, 0.717) is 6.54 Å². The molecular weight excluding hydrogens is 76.1 g/mol. The molecule has 1 radical (unpaired) electrons. The second-order valence-corrected chi connectivity index (χ2v) is 1.34. The zero-order chi connectivity index (χ0) is 4.99. The third kappa shape index (κ3) is 3.92. The van der Waals surface area contributed by atoms with E-state index in [4.69, 9.17) is 11.5 Å². The normalized spacial score (nSPS) is 14.5. The molecule has 1 atom stereocenters. The van der Waals surface area contributed by atoms with Gasteiger partial charge in [-0.2, -0.15) is 0 Å². The summed E-state index contributed by atoms with van der Waals surface area (Å²) in [7, 11) is 0. The van der Waals surface area contributed by atoms with Crippen molar-refractivity contribution in [1.82, 2.24) is 0 Å². The first kappa shape index (κ1) is 5.92. The third-order valence-corrected chi connectivity index (χ3v) is 0.537. The van der Waals surface area contributed by atoms with Crippen LogP contribution in [-0.4, -0.2) is 12.6 Å². The molecule has 0 aromatic rings. The van der Waals surface area contributed by atoms with Crippen LogP contribution in [0.1, 0.15) is 6.42 Å². The van der Waals surface area contributed by atoms with Crippen molar-refractivity contribution in [1.29, 1.82) is 0 Å². The molecule has 0 aromatic carbocycles. The van der Waals surface area contributed by atoms with Crippen molar-refractivity contribution >= 4 is 0 Å². The Kier molecular flexibility index (Phi) is 3.08. The second kappa shape index (κ2) is 3.12. The van der Waals surface area contributed by atoms with Gasteiger partial charge < -0.3 is 11.5 Å². The van der Waals surface area contributed by atoms with Crippen LogP contribution in [0.25, 0.3) is 0 Å². The molecule has 0 aliphatic rings. The first-order valence-corrected chi connectivity index (χ1v) is 2.06. The summed E-state index contributed by atoms with van der Waals surface area (Å²) in [6, 6.07) is 0.0231. The molecule has 2 nitrogen and oxygen atoms in total. The highest BCUT2D eigenvalue weighted by atomic mass is 14.6. The Hall–Kier alpha value is -0.0800. The van der Waals surface area contributed by atoms with Crippen LogP contribution in [0.15, 0.2) is 0 Å². The second-order valence-electron chi connectivity index (χ2n) is 1.34. The Bertz CT molecular complexity index is 26.7. The summed E-state index contributed by atoms with van der Waals surface area (Å²) < 4.78 is 0. The Morgan fingerprint density at radius 3 is 2.17 bits per heavy atom. The monoisotopic (exact) mass is 87.1 g/mol. The molecule has 0 saturated heterocycles. The summed E-state index contributed by atoms with van der Waals surface area (Å²) in [4.78, 5) is 0. The van der Waals surface area contributed by atoms with Gasteiger partial charge in [0.25, 0.3) is 0 Å². The summed E-state index contributed by atoms with van der Waals surface area (Å²) in [6.45, 7) is 4.17. The summed E-state index contributed by atoms with van der Waals surface area (Å²) in [5.74, 6) is 0. The van der Waals surface area contributed by atoms with Crippen molar-refractivity contribution in [3.05, 3.63) is 6.92 Å². The molecule has 0 aliphatic carbocycles. The topological polar surface area (TPSA) is 52.0 Å². The molecule has 0 rings (SSSR count). The van der Waals surface area contributed by atoms with E-state index in [1.54, 1.807) is 0 Å². The Morgan fingerprint density at radius 1 is 1.67 bits per heavy atom. The van der Waals surface area contributed by atoms with Crippen molar-refractivity contribution in [3.63, 3.8) is 0 Å². The standard InChI is InChI=1S/C4H11N2/c1-4(6)2-3-5/h4H,1-3,5-6H2. The van der Waals surface area contributed by atoms with Crippen LogP contribution in [0.5, 0.6) is 0 Å². The molecule has 0 heterocycles. The highest BCUT2D eigenvalue weighted by Gasteiger charge is 1.85. The minimum atomic E-state index is 0.0231. The van der Waals surface area contributed by atoms with E-state index in [2.05, 4.69) is 6.92 Å². The highest BCUT2D eigenvalue weighted by Crippen LogP contribution is 1.76. The Labute approximate surface area is 38.5 Å². The molecule has 0 aromatic heterocycles. The molecule has 0 aliphatic heterocycles. The minimum absolute atomic E-state index is 0.0231. The average Bonchev–Trinajstić information content (AvgIpc) is 1.35. The molecule has 6 heavy (non-hydrogen) atoms. The fourth-order valence-electron chi connectivity index (χ4n) is 0.214. The van der Waals surface area contributed by atoms with Crippen LogP contribution in [0.2, 0.25) is 0 Å². The first-order chi connectivity index (χ1) is 2.77. The zero-order valence-corrected chi connectivity index (χ0v) is 3.85. The number of hydrogen-bond donors (Lipinski definition) is 2. The van der Waals surface area contributed by atoms with Gasteiger partial charge in [-0.05, 0) is 19.9 Å². The van der Waals surface area contributed by atoms with E-state index >= 15 is 0 Å². The highest BCUT2D eigenvalue weighted by molar-refractivity contribution is 4.61. The fourth-order valence-corrected chi connectivity index (χ4v) is 0.214. The molecule has 0 bridgehead atoms. The van der Waals surface area contributed by atoms with Gasteiger partial charge in [-0.15, -0.1) is 0 Å². The van der Waals surface area contributed by atoms with Gasteiger partial charge in [0.15, 0.2) is 0 Å².